The van der Waals surface area contributed by atoms with Gasteiger partial charge in [-0.15, -0.1) is 0 Å². The van der Waals surface area contributed by atoms with Crippen LogP contribution >= 0.6 is 0 Å². The number of rotatable bonds is 10. The van der Waals surface area contributed by atoms with E-state index in [0.717, 1.165) is 6.54 Å². The Balaban J connectivity index is 3.16. The van der Waals surface area contributed by atoms with Crippen LogP contribution in [0, 0.1) is 0 Å². The van der Waals surface area contributed by atoms with Gasteiger partial charge in [0.2, 0.25) is 0 Å². The van der Waals surface area contributed by atoms with Gasteiger partial charge in [-0.25, -0.2) is 0 Å². The third-order valence-corrected chi connectivity index (χ3v) is 17.3. The van der Waals surface area contributed by atoms with E-state index in [1.807, 2.05) is 7.11 Å². The van der Waals surface area contributed by atoms with E-state index in [-0.39, 0.29) is 0 Å². The van der Waals surface area contributed by atoms with E-state index < -0.39 is 18.8 Å². The van der Waals surface area contributed by atoms with Crippen molar-refractivity contribution in [1.29, 1.82) is 0 Å². The fraction of sp³-hybridized carbons (Fsp3) is 0.667. The van der Waals surface area contributed by atoms with Gasteiger partial charge in [0.15, 0.2) is 0 Å². The molecule has 120 valence electrons. The Bertz CT molecular complexity index is 398. The van der Waals surface area contributed by atoms with E-state index in [2.05, 4.69) is 57.1 Å². The molecule has 0 spiro atoms. The molecule has 0 saturated carbocycles. The molecule has 0 saturated heterocycles. The van der Waals surface area contributed by atoms with Gasteiger partial charge in [-0.3, -0.25) is 0 Å². The van der Waals surface area contributed by atoms with Crippen molar-refractivity contribution in [2.24, 2.45) is 0 Å². The molecule has 0 aliphatic heterocycles. The summed E-state index contributed by atoms with van der Waals surface area (Å²) in [4.78, 5) is 2.27. The Morgan fingerprint density at radius 2 is 1.57 bits per heavy atom. The second-order valence-electron chi connectivity index (χ2n) is 6.30. The summed E-state index contributed by atoms with van der Waals surface area (Å²) in [6.07, 6.45) is 5.15. The van der Waals surface area contributed by atoms with E-state index >= 15 is 0 Å². The van der Waals surface area contributed by atoms with Crippen LogP contribution in [-0.2, 0) is 9.62 Å². The summed E-state index contributed by atoms with van der Waals surface area (Å²) in [6, 6.07) is 9.05. The normalized spacial score (nSPS) is 12.1. The van der Waals surface area contributed by atoms with Gasteiger partial charge >= 0.3 is 136 Å². The first-order chi connectivity index (χ1) is 10.1. The minimum atomic E-state index is -2.70. The summed E-state index contributed by atoms with van der Waals surface area (Å²) in [5, 5.41) is 0. The van der Waals surface area contributed by atoms with Gasteiger partial charge in [0.1, 0.15) is 0 Å². The fourth-order valence-corrected chi connectivity index (χ4v) is 15.7. The molecule has 1 rings (SSSR count). The molecule has 1 aromatic carbocycles. The van der Waals surface area contributed by atoms with Crippen molar-refractivity contribution < 1.29 is 3.07 Å². The Hall–Kier alpha value is -0.0613. The van der Waals surface area contributed by atoms with Gasteiger partial charge in [-0.2, -0.15) is 0 Å². The van der Waals surface area contributed by atoms with E-state index in [9.17, 15) is 0 Å². The zero-order chi connectivity index (χ0) is 15.7. The zero-order valence-electron chi connectivity index (χ0n) is 14.6. The van der Waals surface area contributed by atoms with Crippen molar-refractivity contribution in [3.63, 3.8) is 0 Å². The summed E-state index contributed by atoms with van der Waals surface area (Å²) >= 11 is -2.70. The number of hydrogen-bond donors (Lipinski definition) is 0. The molecule has 0 N–H and O–H groups in total. The summed E-state index contributed by atoms with van der Waals surface area (Å²) in [5.74, 6) is 0. The van der Waals surface area contributed by atoms with E-state index in [1.165, 1.54) is 40.1 Å². The molecule has 0 fully saturated rings. The van der Waals surface area contributed by atoms with Crippen molar-refractivity contribution in [1.82, 2.24) is 4.90 Å². The van der Waals surface area contributed by atoms with Crippen molar-refractivity contribution in [2.45, 2.75) is 54.9 Å². The Kier molecular flexibility index (Phi) is 8.91. The Morgan fingerprint density at radius 3 is 2.05 bits per heavy atom. The van der Waals surface area contributed by atoms with Gasteiger partial charge in [-0.1, -0.05) is 0 Å². The first-order valence-electron chi connectivity index (χ1n) is 8.38. The molecule has 2 nitrogen and oxygen atoms in total. The second-order valence-corrected chi connectivity index (χ2v) is 17.5. The van der Waals surface area contributed by atoms with Crippen LogP contribution in [0.1, 0.15) is 45.1 Å². The van der Waals surface area contributed by atoms with Crippen LogP contribution in [0.25, 0.3) is 0 Å². The molecule has 1 aromatic rings. The number of hydrogen-bond acceptors (Lipinski definition) is 2. The maximum atomic E-state index is 6.34. The Labute approximate surface area is 136 Å². The molecule has 0 bridgehead atoms. The average molecular weight is 398 g/mol. The van der Waals surface area contributed by atoms with Crippen LogP contribution in [0.15, 0.2) is 24.3 Å². The molecule has 0 atom stereocenters. The quantitative estimate of drug-likeness (QED) is 0.550. The molecule has 0 radical (unpaired) electrons. The molecule has 0 amide bonds. The van der Waals surface area contributed by atoms with E-state index in [0.29, 0.717) is 0 Å². The first kappa shape index (κ1) is 19.0. The number of nitrogens with zero attached hydrogens (tertiary/aromatic N) is 1. The topological polar surface area (TPSA) is 12.5 Å². The van der Waals surface area contributed by atoms with Crippen molar-refractivity contribution in [3.05, 3.63) is 29.8 Å². The summed E-state index contributed by atoms with van der Waals surface area (Å²) in [6.45, 7) is 5.60. The van der Waals surface area contributed by atoms with Crippen LogP contribution in [0.5, 0.6) is 0 Å². The number of benzene rings is 1. The SMILES string of the molecule is CCC[CH2][Sn]([CH2]CCC)([O]C)[c]1ccccc1CN(C)C. The van der Waals surface area contributed by atoms with Gasteiger partial charge in [-0.05, 0) is 0 Å². The molecule has 0 aromatic heterocycles. The summed E-state index contributed by atoms with van der Waals surface area (Å²) in [7, 11) is 6.28. The fourth-order valence-electron chi connectivity index (χ4n) is 3.08. The van der Waals surface area contributed by atoms with Gasteiger partial charge < -0.3 is 0 Å². The van der Waals surface area contributed by atoms with Gasteiger partial charge in [0.25, 0.3) is 0 Å². The zero-order valence-corrected chi connectivity index (χ0v) is 17.5. The third kappa shape index (κ3) is 5.57. The van der Waals surface area contributed by atoms with Gasteiger partial charge in [0.05, 0.1) is 0 Å². The van der Waals surface area contributed by atoms with E-state index in [1.54, 1.807) is 3.58 Å². The van der Waals surface area contributed by atoms with Crippen LogP contribution in [-0.4, -0.2) is 44.9 Å². The average Bonchev–Trinajstić information content (AvgIpc) is 2.48. The Morgan fingerprint density at radius 1 is 1.00 bits per heavy atom. The molecule has 0 unspecified atom stereocenters. The van der Waals surface area contributed by atoms with Crippen LogP contribution in [0.2, 0.25) is 8.87 Å². The first-order valence-corrected chi connectivity index (χ1v) is 15.0. The minimum absolute atomic E-state index is 1.02. The van der Waals surface area contributed by atoms with E-state index in [4.69, 9.17) is 3.07 Å². The van der Waals surface area contributed by atoms with Gasteiger partial charge in [0, 0.05) is 0 Å². The monoisotopic (exact) mass is 399 g/mol. The maximum absolute atomic E-state index is 6.34. The molecular formula is C18H33NOSn. The molecule has 21 heavy (non-hydrogen) atoms. The van der Waals surface area contributed by atoms with Crippen LogP contribution in [0.4, 0.5) is 0 Å². The second kappa shape index (κ2) is 9.85. The number of unbranched alkanes of at least 4 members (excludes halogenated alkanes) is 2. The van der Waals surface area contributed by atoms with Crippen LogP contribution in [0.3, 0.4) is 0 Å². The van der Waals surface area contributed by atoms with Crippen molar-refractivity contribution in [2.75, 3.05) is 21.2 Å². The van der Waals surface area contributed by atoms with Crippen LogP contribution < -0.4 is 3.58 Å². The predicted molar refractivity (Wildman–Crippen MR) is 95.7 cm³/mol. The van der Waals surface area contributed by atoms with Crippen molar-refractivity contribution >= 4 is 22.4 Å². The van der Waals surface area contributed by atoms with Crippen molar-refractivity contribution in [3.8, 4) is 0 Å². The molecule has 0 aliphatic carbocycles. The summed E-state index contributed by atoms with van der Waals surface area (Å²) in [5.41, 5.74) is 1.49. The molecule has 3 heteroatoms. The third-order valence-electron chi connectivity index (χ3n) is 4.25. The molecule has 0 heterocycles. The standard InChI is InChI=1S/C9H12N.2C4H9.CH3O.Sn/c1-10(2)8-9-6-4-3-5-7-9;2*1-3-4-2;1-2;/h3-6H,8H2,1-2H3;2*1,3-4H2,2H3;1H3;/q;;;-1;+1. The predicted octanol–water partition coefficient (Wildman–Crippen LogP) is 4.15. The molecular weight excluding hydrogens is 365 g/mol. The molecule has 0 aliphatic rings. The summed E-state index contributed by atoms with van der Waals surface area (Å²) < 4.78 is 10.6.